The van der Waals surface area contributed by atoms with Gasteiger partial charge in [-0.25, -0.2) is 10.5 Å². The van der Waals surface area contributed by atoms with Crippen molar-refractivity contribution in [2.24, 2.45) is 5.10 Å². The number of pyridine rings is 1. The Morgan fingerprint density at radius 3 is 2.67 bits per heavy atom. The minimum atomic E-state index is 0.479. The van der Waals surface area contributed by atoms with E-state index in [0.717, 1.165) is 22.6 Å². The third-order valence-electron chi connectivity index (χ3n) is 3.71. The lowest BCUT2D eigenvalue weighted by molar-refractivity contribution is 0.355. The molecule has 0 aliphatic carbocycles. The molecule has 0 unspecified atom stereocenters. The van der Waals surface area contributed by atoms with Gasteiger partial charge in [-0.2, -0.15) is 10.1 Å². The molecule has 0 atom stereocenters. The Morgan fingerprint density at radius 2 is 1.93 bits per heavy atom. The molecule has 0 spiro atoms. The Morgan fingerprint density at radius 1 is 1.15 bits per heavy atom. The average Bonchev–Trinajstić information content (AvgIpc) is 3.18. The smallest absolute Gasteiger partial charge is 0.240 e. The van der Waals surface area contributed by atoms with Crippen molar-refractivity contribution >= 4 is 23.4 Å². The number of rotatable bonds is 8. The number of thioether (sulfide) groups is 1. The largest absolute Gasteiger partial charge is 0.493 e. The second-order valence-electron chi connectivity index (χ2n) is 5.49. The number of benzene rings is 1. The molecular weight excluding hydrogens is 364 g/mol. The van der Waals surface area contributed by atoms with Crippen molar-refractivity contribution in [3.8, 4) is 11.5 Å². The predicted molar refractivity (Wildman–Crippen MR) is 106 cm³/mol. The molecule has 27 heavy (non-hydrogen) atoms. The summed E-state index contributed by atoms with van der Waals surface area (Å²) in [6.07, 6.45) is 3.54. The number of aromatic nitrogens is 4. The highest BCUT2D eigenvalue weighted by Gasteiger charge is 2.07. The summed E-state index contributed by atoms with van der Waals surface area (Å²) in [7, 11) is 3.21. The van der Waals surface area contributed by atoms with Gasteiger partial charge >= 0.3 is 0 Å². The van der Waals surface area contributed by atoms with Gasteiger partial charge < -0.3 is 9.47 Å². The molecule has 8 nitrogen and oxygen atoms in total. The molecular formula is C18H20N6O2S. The summed E-state index contributed by atoms with van der Waals surface area (Å²) in [5.74, 6) is 2.58. The van der Waals surface area contributed by atoms with Crippen molar-refractivity contribution in [3.63, 3.8) is 0 Å². The maximum absolute atomic E-state index is 5.32. The number of nitrogens with zero attached hydrogens (tertiary/aromatic N) is 4. The first-order chi connectivity index (χ1) is 13.2. The zero-order chi connectivity index (χ0) is 19.1. The molecule has 0 fully saturated rings. The first-order valence-electron chi connectivity index (χ1n) is 8.16. The monoisotopic (exact) mass is 384 g/mol. The molecule has 0 aliphatic rings. The highest BCUT2D eigenvalue weighted by atomic mass is 32.2. The van der Waals surface area contributed by atoms with Crippen LogP contribution in [0.5, 0.6) is 11.5 Å². The first-order valence-corrected chi connectivity index (χ1v) is 9.15. The Bertz CT molecular complexity index is 913. The minimum Gasteiger partial charge on any atom is -0.493 e. The molecule has 0 radical (unpaired) electrons. The van der Waals surface area contributed by atoms with Crippen molar-refractivity contribution in [1.29, 1.82) is 0 Å². The lowest BCUT2D eigenvalue weighted by Crippen LogP contribution is -2.02. The molecule has 0 saturated heterocycles. The fourth-order valence-electron chi connectivity index (χ4n) is 2.25. The van der Waals surface area contributed by atoms with Crippen LogP contribution in [0.15, 0.2) is 53.0 Å². The highest BCUT2D eigenvalue weighted by molar-refractivity contribution is 7.98. The van der Waals surface area contributed by atoms with Gasteiger partial charge in [0, 0.05) is 23.7 Å². The normalized spacial score (nSPS) is 11.3. The van der Waals surface area contributed by atoms with Gasteiger partial charge in [0.05, 0.1) is 19.9 Å². The summed E-state index contributed by atoms with van der Waals surface area (Å²) in [4.78, 5) is 8.37. The Labute approximate surface area is 161 Å². The van der Waals surface area contributed by atoms with Gasteiger partial charge in [0.2, 0.25) is 11.1 Å². The maximum Gasteiger partial charge on any atom is 0.240 e. The van der Waals surface area contributed by atoms with Gasteiger partial charge in [0.15, 0.2) is 11.5 Å². The number of methoxy groups -OCH3 is 2. The number of hydrogen-bond acceptors (Lipinski definition) is 8. The minimum absolute atomic E-state index is 0.479. The fourth-order valence-corrected chi connectivity index (χ4v) is 3.00. The summed E-state index contributed by atoms with van der Waals surface area (Å²) in [6.45, 7) is 1.89. The lowest BCUT2D eigenvalue weighted by atomic mass is 10.1. The molecule has 9 heteroatoms. The van der Waals surface area contributed by atoms with E-state index in [-0.39, 0.29) is 0 Å². The van der Waals surface area contributed by atoms with Gasteiger partial charge in [0.1, 0.15) is 0 Å². The van der Waals surface area contributed by atoms with Gasteiger partial charge in [0.25, 0.3) is 0 Å². The maximum atomic E-state index is 5.32. The lowest BCUT2D eigenvalue weighted by Gasteiger charge is -2.09. The van der Waals surface area contributed by atoms with Crippen LogP contribution >= 0.6 is 11.8 Å². The van der Waals surface area contributed by atoms with Gasteiger partial charge in [-0.3, -0.25) is 4.98 Å². The van der Waals surface area contributed by atoms with E-state index in [1.807, 2.05) is 37.3 Å². The summed E-state index contributed by atoms with van der Waals surface area (Å²) in [5.41, 5.74) is 5.74. The van der Waals surface area contributed by atoms with E-state index in [9.17, 15) is 0 Å². The number of hydrazone groups is 1. The topological polar surface area (TPSA) is 97.3 Å². The van der Waals surface area contributed by atoms with Crippen molar-refractivity contribution < 1.29 is 9.47 Å². The van der Waals surface area contributed by atoms with Gasteiger partial charge in [-0.1, -0.05) is 11.8 Å². The number of ether oxygens (including phenoxy) is 2. The molecule has 3 aromatic rings. The van der Waals surface area contributed by atoms with Gasteiger partial charge in [-0.05, 0) is 42.8 Å². The summed E-state index contributed by atoms with van der Waals surface area (Å²) < 4.78 is 10.6. The summed E-state index contributed by atoms with van der Waals surface area (Å²) in [6, 6.07) is 9.56. The number of hydrogen-bond donors (Lipinski definition) is 2. The number of H-pyrrole nitrogens is 1. The predicted octanol–water partition coefficient (Wildman–Crippen LogP) is 3.35. The van der Waals surface area contributed by atoms with E-state index in [4.69, 9.17) is 9.47 Å². The number of anilines is 1. The quantitative estimate of drug-likeness (QED) is 0.349. The van der Waals surface area contributed by atoms with Crippen LogP contribution in [0.2, 0.25) is 0 Å². The molecule has 3 rings (SSSR count). The van der Waals surface area contributed by atoms with Crippen molar-refractivity contribution in [1.82, 2.24) is 20.2 Å². The van der Waals surface area contributed by atoms with Crippen LogP contribution in [0, 0.1) is 0 Å². The Kier molecular flexibility index (Phi) is 6.26. The SMILES string of the molecule is COc1ccc(/C(C)=N/Nc2nc(SCc3ccncc3)n[nH]2)cc1OC. The van der Waals surface area contributed by atoms with Crippen LogP contribution in [0.4, 0.5) is 5.95 Å². The van der Waals surface area contributed by atoms with Crippen LogP contribution < -0.4 is 14.9 Å². The molecule has 2 aromatic heterocycles. The van der Waals surface area contributed by atoms with Crippen LogP contribution in [0.3, 0.4) is 0 Å². The van der Waals surface area contributed by atoms with Crippen LogP contribution in [-0.2, 0) is 5.75 Å². The molecule has 1 aromatic carbocycles. The van der Waals surface area contributed by atoms with E-state index in [1.165, 1.54) is 11.8 Å². The Balaban J connectivity index is 1.61. The number of nitrogens with one attached hydrogen (secondary N) is 2. The molecule has 0 aliphatic heterocycles. The molecule has 140 valence electrons. The second kappa shape index (κ2) is 9.04. The molecule has 2 heterocycles. The van der Waals surface area contributed by atoms with E-state index < -0.39 is 0 Å². The van der Waals surface area contributed by atoms with Crippen LogP contribution in [-0.4, -0.2) is 40.1 Å². The summed E-state index contributed by atoms with van der Waals surface area (Å²) >= 11 is 1.53. The standard InChI is InChI=1S/C18H20N6O2S/c1-12(14-4-5-15(25-2)16(10-14)26-3)21-22-17-20-18(24-23-17)27-11-13-6-8-19-9-7-13/h4-10H,11H2,1-3H3,(H2,20,22,23,24)/b21-12+. The van der Waals surface area contributed by atoms with E-state index in [0.29, 0.717) is 22.6 Å². The Hall–Kier alpha value is -3.07. The van der Waals surface area contributed by atoms with Crippen molar-refractivity contribution in [2.75, 3.05) is 19.6 Å². The zero-order valence-corrected chi connectivity index (χ0v) is 16.1. The highest BCUT2D eigenvalue weighted by Crippen LogP contribution is 2.27. The first kappa shape index (κ1) is 18.7. The zero-order valence-electron chi connectivity index (χ0n) is 15.3. The van der Waals surface area contributed by atoms with Crippen molar-refractivity contribution in [2.45, 2.75) is 17.8 Å². The number of aromatic amines is 1. The molecule has 0 saturated carbocycles. The van der Waals surface area contributed by atoms with Crippen molar-refractivity contribution in [3.05, 3.63) is 53.9 Å². The van der Waals surface area contributed by atoms with Gasteiger partial charge in [-0.15, -0.1) is 5.10 Å². The molecule has 0 bridgehead atoms. The molecule has 0 amide bonds. The van der Waals surface area contributed by atoms with Crippen LogP contribution in [0.1, 0.15) is 18.1 Å². The van der Waals surface area contributed by atoms with E-state index in [2.05, 4.69) is 30.7 Å². The van der Waals surface area contributed by atoms with E-state index >= 15 is 0 Å². The van der Waals surface area contributed by atoms with E-state index in [1.54, 1.807) is 26.6 Å². The summed E-state index contributed by atoms with van der Waals surface area (Å²) in [5, 5.41) is 12.0. The third kappa shape index (κ3) is 4.98. The molecule has 2 N–H and O–H groups in total. The third-order valence-corrected chi connectivity index (χ3v) is 4.63. The average molecular weight is 384 g/mol. The fraction of sp³-hybridized carbons (Fsp3) is 0.222. The van der Waals surface area contributed by atoms with Crippen LogP contribution in [0.25, 0.3) is 0 Å². The second-order valence-corrected chi connectivity index (χ2v) is 6.43.